The Morgan fingerprint density at radius 1 is 1.18 bits per heavy atom. The summed E-state index contributed by atoms with van der Waals surface area (Å²) in [5.41, 5.74) is 1.09. The van der Waals surface area contributed by atoms with Gasteiger partial charge < -0.3 is 14.0 Å². The molecule has 1 aromatic carbocycles. The zero-order chi connectivity index (χ0) is 15.6. The number of benzene rings is 1. The van der Waals surface area contributed by atoms with Crippen LogP contribution in [-0.2, 0) is 23.5 Å². The molecule has 22 heavy (non-hydrogen) atoms. The lowest BCUT2D eigenvalue weighted by Crippen LogP contribution is -2.26. The summed E-state index contributed by atoms with van der Waals surface area (Å²) in [5, 5.41) is 0. The second-order valence-corrected chi connectivity index (χ2v) is 6.91. The van der Waals surface area contributed by atoms with Crippen LogP contribution in [-0.4, -0.2) is 32.7 Å². The molecule has 1 aliphatic heterocycles. The summed E-state index contributed by atoms with van der Waals surface area (Å²) in [6.07, 6.45) is 4.55. The lowest BCUT2D eigenvalue weighted by Gasteiger charge is -2.18. The van der Waals surface area contributed by atoms with Gasteiger partial charge in [-0.15, -0.1) is 0 Å². The van der Waals surface area contributed by atoms with Crippen LogP contribution < -0.4 is 14.2 Å². The average Bonchev–Trinajstić information content (AvgIpc) is 2.92. The Balaban J connectivity index is 1.67. The third kappa shape index (κ3) is 3.26. The van der Waals surface area contributed by atoms with Gasteiger partial charge in [-0.05, 0) is 30.2 Å². The molecule has 0 amide bonds. The summed E-state index contributed by atoms with van der Waals surface area (Å²) in [4.78, 5) is 0.185. The van der Waals surface area contributed by atoms with Crippen molar-refractivity contribution < 1.29 is 17.9 Å². The Morgan fingerprint density at radius 3 is 2.68 bits per heavy atom. The minimum atomic E-state index is -3.55. The van der Waals surface area contributed by atoms with Gasteiger partial charge in [0.1, 0.15) is 13.2 Å². The number of sulfonamides is 1. The van der Waals surface area contributed by atoms with E-state index < -0.39 is 10.0 Å². The molecule has 0 saturated heterocycles. The molecule has 7 heteroatoms. The molecule has 1 N–H and O–H groups in total. The first-order valence-corrected chi connectivity index (χ1v) is 8.53. The van der Waals surface area contributed by atoms with Crippen LogP contribution in [0.3, 0.4) is 0 Å². The second kappa shape index (κ2) is 6.02. The number of aryl methyl sites for hydroxylation is 1. The maximum atomic E-state index is 12.3. The smallest absolute Gasteiger partial charge is 0.240 e. The van der Waals surface area contributed by atoms with Crippen molar-refractivity contribution in [2.24, 2.45) is 7.05 Å². The third-order valence-electron chi connectivity index (χ3n) is 3.42. The van der Waals surface area contributed by atoms with Crippen LogP contribution in [0.1, 0.15) is 5.56 Å². The highest BCUT2D eigenvalue weighted by Crippen LogP contribution is 2.32. The molecule has 6 nitrogen and oxygen atoms in total. The maximum absolute atomic E-state index is 12.3. The molecule has 3 rings (SSSR count). The molecule has 1 aliphatic rings. The topological polar surface area (TPSA) is 69.6 Å². The van der Waals surface area contributed by atoms with E-state index in [1.807, 2.05) is 30.1 Å². The molecule has 0 fully saturated rings. The molecule has 0 saturated carbocycles. The maximum Gasteiger partial charge on any atom is 0.240 e. The van der Waals surface area contributed by atoms with Crippen LogP contribution in [0, 0.1) is 0 Å². The number of hydrogen-bond acceptors (Lipinski definition) is 4. The van der Waals surface area contributed by atoms with E-state index in [4.69, 9.17) is 9.47 Å². The number of fused-ring (bicyclic) bond motifs is 1. The number of nitrogens with zero attached hydrogens (tertiary/aromatic N) is 1. The van der Waals surface area contributed by atoms with Gasteiger partial charge in [0.05, 0.1) is 4.90 Å². The Hall–Kier alpha value is -1.99. The predicted octanol–water partition coefficient (Wildman–Crippen LogP) is 1.32. The van der Waals surface area contributed by atoms with E-state index in [2.05, 4.69) is 4.72 Å². The standard InChI is InChI=1S/C15H18N2O4S/c1-17-7-5-12(11-17)4-6-16-22(18,19)13-2-3-14-15(10-13)21-9-8-20-14/h2-3,5,7,10-11,16H,4,6,8-9H2,1H3. The predicted molar refractivity (Wildman–Crippen MR) is 81.7 cm³/mol. The number of rotatable bonds is 5. The minimum absolute atomic E-state index is 0.185. The summed E-state index contributed by atoms with van der Waals surface area (Å²) < 4.78 is 39.9. The number of hydrogen-bond donors (Lipinski definition) is 1. The number of aromatic nitrogens is 1. The largest absolute Gasteiger partial charge is 0.486 e. The Morgan fingerprint density at radius 2 is 1.95 bits per heavy atom. The Bertz CT molecular complexity index is 768. The first-order valence-electron chi connectivity index (χ1n) is 7.05. The van der Waals surface area contributed by atoms with Gasteiger partial charge >= 0.3 is 0 Å². The molecule has 1 aromatic heterocycles. The van der Waals surface area contributed by atoms with Crippen molar-refractivity contribution in [3.8, 4) is 11.5 Å². The highest BCUT2D eigenvalue weighted by atomic mass is 32.2. The SMILES string of the molecule is Cn1ccc(CCNS(=O)(=O)c2ccc3c(c2)OCCO3)c1. The average molecular weight is 322 g/mol. The first kappa shape index (κ1) is 14.9. The molecule has 118 valence electrons. The van der Waals surface area contributed by atoms with Gasteiger partial charge in [-0.1, -0.05) is 0 Å². The highest BCUT2D eigenvalue weighted by Gasteiger charge is 2.18. The van der Waals surface area contributed by atoms with E-state index in [9.17, 15) is 8.42 Å². The fourth-order valence-corrected chi connectivity index (χ4v) is 3.36. The number of ether oxygens (including phenoxy) is 2. The summed E-state index contributed by atoms with van der Waals surface area (Å²) in [7, 11) is -1.62. The Labute approximate surface area is 129 Å². The highest BCUT2D eigenvalue weighted by molar-refractivity contribution is 7.89. The molecule has 0 atom stereocenters. The van der Waals surface area contributed by atoms with Crippen LogP contribution in [0.5, 0.6) is 11.5 Å². The lowest BCUT2D eigenvalue weighted by molar-refractivity contribution is 0.171. The van der Waals surface area contributed by atoms with Gasteiger partial charge in [0.25, 0.3) is 0 Å². The van der Waals surface area contributed by atoms with Crippen molar-refractivity contribution in [3.05, 3.63) is 42.2 Å². The van der Waals surface area contributed by atoms with Gasteiger partial charge in [-0.25, -0.2) is 13.1 Å². The van der Waals surface area contributed by atoms with E-state index in [-0.39, 0.29) is 4.90 Å². The molecule has 0 radical (unpaired) electrons. The summed E-state index contributed by atoms with van der Waals surface area (Å²) in [6.45, 7) is 1.26. The van der Waals surface area contributed by atoms with Crippen LogP contribution >= 0.6 is 0 Å². The van der Waals surface area contributed by atoms with Crippen LogP contribution in [0.25, 0.3) is 0 Å². The van der Waals surface area contributed by atoms with Crippen molar-refractivity contribution >= 4 is 10.0 Å². The fraction of sp³-hybridized carbons (Fsp3) is 0.333. The van der Waals surface area contributed by atoms with Crippen molar-refractivity contribution in [2.45, 2.75) is 11.3 Å². The molecule has 0 unspecified atom stereocenters. The summed E-state index contributed by atoms with van der Waals surface area (Å²) >= 11 is 0. The van der Waals surface area contributed by atoms with Crippen molar-refractivity contribution in [3.63, 3.8) is 0 Å². The number of nitrogens with one attached hydrogen (secondary N) is 1. The lowest BCUT2D eigenvalue weighted by atomic mass is 10.2. The molecule has 0 spiro atoms. The van der Waals surface area contributed by atoms with E-state index in [0.717, 1.165) is 5.56 Å². The molecule has 0 bridgehead atoms. The first-order chi connectivity index (χ1) is 10.5. The molecule has 2 aromatic rings. The monoisotopic (exact) mass is 322 g/mol. The van der Waals surface area contributed by atoms with Crippen LogP contribution in [0.15, 0.2) is 41.6 Å². The van der Waals surface area contributed by atoms with Gasteiger partial charge in [0.2, 0.25) is 10.0 Å². The molecule has 2 heterocycles. The van der Waals surface area contributed by atoms with E-state index in [1.54, 1.807) is 6.07 Å². The van der Waals surface area contributed by atoms with Gasteiger partial charge in [0.15, 0.2) is 11.5 Å². The minimum Gasteiger partial charge on any atom is -0.486 e. The second-order valence-electron chi connectivity index (χ2n) is 5.14. The normalized spacial score (nSPS) is 14.0. The van der Waals surface area contributed by atoms with Crippen LogP contribution in [0.2, 0.25) is 0 Å². The summed E-state index contributed by atoms with van der Waals surface area (Å²) in [5.74, 6) is 1.05. The molecular formula is C15H18N2O4S. The van der Waals surface area contributed by atoms with Gasteiger partial charge in [-0.2, -0.15) is 0 Å². The van der Waals surface area contributed by atoms with Crippen molar-refractivity contribution in [1.82, 2.24) is 9.29 Å². The van der Waals surface area contributed by atoms with Crippen molar-refractivity contribution in [1.29, 1.82) is 0 Å². The summed E-state index contributed by atoms with van der Waals surface area (Å²) in [6, 6.07) is 6.62. The van der Waals surface area contributed by atoms with E-state index in [0.29, 0.717) is 37.7 Å². The van der Waals surface area contributed by atoms with Gasteiger partial charge in [0, 0.05) is 32.1 Å². The van der Waals surface area contributed by atoms with Crippen LogP contribution in [0.4, 0.5) is 0 Å². The zero-order valence-corrected chi connectivity index (χ0v) is 13.1. The Kier molecular flexibility index (Phi) is 4.08. The third-order valence-corrected chi connectivity index (χ3v) is 4.88. The fourth-order valence-electron chi connectivity index (χ4n) is 2.31. The molecule has 0 aliphatic carbocycles. The van der Waals surface area contributed by atoms with Gasteiger partial charge in [-0.3, -0.25) is 0 Å². The van der Waals surface area contributed by atoms with E-state index >= 15 is 0 Å². The molecular weight excluding hydrogens is 304 g/mol. The van der Waals surface area contributed by atoms with Crippen molar-refractivity contribution in [2.75, 3.05) is 19.8 Å². The zero-order valence-electron chi connectivity index (χ0n) is 12.3. The quantitative estimate of drug-likeness (QED) is 0.901. The van der Waals surface area contributed by atoms with E-state index in [1.165, 1.54) is 12.1 Å².